The molecule has 8 nitrogen and oxygen atoms in total. The first kappa shape index (κ1) is 17.8. The fraction of sp³-hybridized carbons (Fsp3) is 0.474. The zero-order valence-electron chi connectivity index (χ0n) is 15.9. The summed E-state index contributed by atoms with van der Waals surface area (Å²) in [6, 6.07) is 5.81. The summed E-state index contributed by atoms with van der Waals surface area (Å²) < 4.78 is 10.8. The summed E-state index contributed by atoms with van der Waals surface area (Å²) in [6.07, 6.45) is 1.71. The molecule has 1 fully saturated rings. The molecule has 2 aromatic rings. The minimum absolute atomic E-state index is 0.259. The molecule has 144 valence electrons. The molecular weight excluding hydrogens is 344 g/mol. The van der Waals surface area contributed by atoms with Gasteiger partial charge in [-0.25, -0.2) is 9.97 Å². The van der Waals surface area contributed by atoms with Gasteiger partial charge in [0.25, 0.3) is 0 Å². The van der Waals surface area contributed by atoms with Crippen molar-refractivity contribution in [3.63, 3.8) is 0 Å². The molecule has 0 atom stereocenters. The van der Waals surface area contributed by atoms with Crippen LogP contribution in [0.2, 0.25) is 0 Å². The molecule has 1 aromatic heterocycles. The van der Waals surface area contributed by atoms with Gasteiger partial charge in [0.1, 0.15) is 0 Å². The van der Waals surface area contributed by atoms with E-state index in [1.54, 1.807) is 6.20 Å². The highest BCUT2D eigenvalue weighted by Gasteiger charge is 2.21. The Bertz CT molecular complexity index is 805. The number of hydrogen-bond donors (Lipinski definition) is 1. The van der Waals surface area contributed by atoms with Crippen molar-refractivity contribution in [3.05, 3.63) is 24.4 Å². The molecule has 0 amide bonds. The number of likely N-dealkylation sites (N-methyl/N-ethyl adjacent to an activating group) is 1. The molecule has 3 heterocycles. The summed E-state index contributed by atoms with van der Waals surface area (Å²) in [6.45, 7) is 6.22. The van der Waals surface area contributed by atoms with Gasteiger partial charge in [-0.15, -0.1) is 0 Å². The molecule has 0 spiro atoms. The number of hydrogen-bond acceptors (Lipinski definition) is 8. The molecule has 1 saturated heterocycles. The van der Waals surface area contributed by atoms with Gasteiger partial charge in [0.15, 0.2) is 23.1 Å². The van der Waals surface area contributed by atoms with E-state index in [4.69, 9.17) is 20.2 Å². The lowest BCUT2D eigenvalue weighted by atomic mass is 10.1. The van der Waals surface area contributed by atoms with Crippen molar-refractivity contribution < 1.29 is 9.47 Å². The Hall–Kier alpha value is -2.58. The summed E-state index contributed by atoms with van der Waals surface area (Å²) in [7, 11) is 4.21. The number of aromatic nitrogens is 2. The topological polar surface area (TPSA) is 80.0 Å². The maximum atomic E-state index is 6.14. The van der Waals surface area contributed by atoms with Crippen molar-refractivity contribution in [2.75, 3.05) is 70.8 Å². The van der Waals surface area contributed by atoms with E-state index in [0.29, 0.717) is 5.82 Å². The number of rotatable bonds is 5. The fourth-order valence-corrected chi connectivity index (χ4v) is 3.34. The first-order chi connectivity index (χ1) is 13.1. The first-order valence-corrected chi connectivity index (χ1v) is 9.25. The Kier molecular flexibility index (Phi) is 5.00. The average molecular weight is 370 g/mol. The fourth-order valence-electron chi connectivity index (χ4n) is 3.34. The van der Waals surface area contributed by atoms with Crippen molar-refractivity contribution in [1.82, 2.24) is 19.8 Å². The molecule has 4 rings (SSSR count). The Labute approximate surface area is 159 Å². The number of nitrogens with zero attached hydrogens (tertiary/aromatic N) is 5. The highest BCUT2D eigenvalue weighted by Crippen LogP contribution is 2.36. The number of nitrogen functional groups attached to an aromatic ring is 1. The predicted octanol–water partition coefficient (Wildman–Crippen LogP) is 1.14. The minimum atomic E-state index is 0.259. The third-order valence-electron chi connectivity index (χ3n) is 4.98. The van der Waals surface area contributed by atoms with Crippen LogP contribution in [0.15, 0.2) is 24.4 Å². The molecule has 2 aliphatic rings. The monoisotopic (exact) mass is 370 g/mol. The zero-order valence-corrected chi connectivity index (χ0v) is 15.9. The number of piperazine rings is 1. The second-order valence-corrected chi connectivity index (χ2v) is 7.16. The minimum Gasteiger partial charge on any atom is -0.454 e. The van der Waals surface area contributed by atoms with E-state index in [0.717, 1.165) is 67.8 Å². The lowest BCUT2D eigenvalue weighted by Crippen LogP contribution is -2.48. The molecule has 0 unspecified atom stereocenters. The van der Waals surface area contributed by atoms with Crippen LogP contribution in [0, 0.1) is 0 Å². The summed E-state index contributed by atoms with van der Waals surface area (Å²) in [4.78, 5) is 16.1. The van der Waals surface area contributed by atoms with Gasteiger partial charge >= 0.3 is 0 Å². The highest BCUT2D eigenvalue weighted by atomic mass is 16.7. The maximum Gasteiger partial charge on any atom is 0.231 e. The van der Waals surface area contributed by atoms with E-state index >= 15 is 0 Å². The highest BCUT2D eigenvalue weighted by molar-refractivity contribution is 5.68. The van der Waals surface area contributed by atoms with Gasteiger partial charge < -0.3 is 25.0 Å². The molecule has 8 heteroatoms. The third-order valence-corrected chi connectivity index (χ3v) is 4.98. The lowest BCUT2D eigenvalue weighted by Gasteiger charge is -2.36. The molecule has 1 aromatic carbocycles. The standard InChI is InChI=1S/C19H26N6O2/c1-23(2)5-6-24-7-9-25(10-8-24)19-18(20)21-12-15(22-19)14-3-4-16-17(11-14)27-13-26-16/h3-4,11-12H,5-10,13H2,1-2H3,(H2,20,21). The molecule has 27 heavy (non-hydrogen) atoms. The van der Waals surface area contributed by atoms with Gasteiger partial charge in [0, 0.05) is 44.8 Å². The Morgan fingerprint density at radius 3 is 2.67 bits per heavy atom. The van der Waals surface area contributed by atoms with Gasteiger partial charge in [-0.2, -0.15) is 0 Å². The largest absolute Gasteiger partial charge is 0.454 e. The van der Waals surface area contributed by atoms with E-state index in [-0.39, 0.29) is 6.79 Å². The van der Waals surface area contributed by atoms with Crippen LogP contribution in [0.5, 0.6) is 11.5 Å². The van der Waals surface area contributed by atoms with Crippen LogP contribution in [-0.2, 0) is 0 Å². The number of nitrogens with two attached hydrogens (primary N) is 1. The van der Waals surface area contributed by atoms with Crippen molar-refractivity contribution in [2.24, 2.45) is 0 Å². The van der Waals surface area contributed by atoms with Crippen molar-refractivity contribution in [2.45, 2.75) is 0 Å². The van der Waals surface area contributed by atoms with Crippen LogP contribution >= 0.6 is 0 Å². The van der Waals surface area contributed by atoms with Gasteiger partial charge in [-0.1, -0.05) is 0 Å². The molecule has 2 N–H and O–H groups in total. The molecule has 0 aliphatic carbocycles. The average Bonchev–Trinajstić information content (AvgIpc) is 3.15. The van der Waals surface area contributed by atoms with Gasteiger partial charge in [-0.05, 0) is 32.3 Å². The quantitative estimate of drug-likeness (QED) is 0.839. The SMILES string of the molecule is CN(C)CCN1CCN(c2nc(-c3ccc4c(c3)OCO4)cnc2N)CC1. The van der Waals surface area contributed by atoms with Gasteiger partial charge in [0.05, 0.1) is 11.9 Å². The number of benzene rings is 1. The summed E-state index contributed by atoms with van der Waals surface area (Å²) >= 11 is 0. The molecule has 0 saturated carbocycles. The second-order valence-electron chi connectivity index (χ2n) is 7.16. The van der Waals surface area contributed by atoms with E-state index in [1.165, 1.54) is 0 Å². The van der Waals surface area contributed by atoms with E-state index < -0.39 is 0 Å². The van der Waals surface area contributed by atoms with Crippen LogP contribution in [0.1, 0.15) is 0 Å². The third kappa shape index (κ3) is 3.91. The number of fused-ring (bicyclic) bond motifs is 1. The van der Waals surface area contributed by atoms with Crippen molar-refractivity contribution >= 4 is 11.6 Å². The molecular formula is C19H26N6O2. The Morgan fingerprint density at radius 1 is 1.11 bits per heavy atom. The maximum absolute atomic E-state index is 6.14. The normalized spacial score (nSPS) is 16.9. The summed E-state index contributed by atoms with van der Waals surface area (Å²) in [5.41, 5.74) is 7.87. The van der Waals surface area contributed by atoms with Gasteiger partial charge in [0.2, 0.25) is 6.79 Å². The molecule has 2 aliphatic heterocycles. The van der Waals surface area contributed by atoms with E-state index in [1.807, 2.05) is 18.2 Å². The predicted molar refractivity (Wildman–Crippen MR) is 105 cm³/mol. The van der Waals surface area contributed by atoms with Gasteiger partial charge in [-0.3, -0.25) is 4.90 Å². The molecule has 0 bridgehead atoms. The smallest absolute Gasteiger partial charge is 0.231 e. The van der Waals surface area contributed by atoms with Crippen molar-refractivity contribution in [1.29, 1.82) is 0 Å². The second kappa shape index (κ2) is 7.58. The van der Waals surface area contributed by atoms with Crippen LogP contribution in [-0.4, -0.2) is 79.9 Å². The summed E-state index contributed by atoms with van der Waals surface area (Å²) in [5, 5.41) is 0. The first-order valence-electron chi connectivity index (χ1n) is 9.25. The Morgan fingerprint density at radius 2 is 1.89 bits per heavy atom. The van der Waals surface area contributed by atoms with E-state index in [9.17, 15) is 0 Å². The zero-order chi connectivity index (χ0) is 18.8. The number of ether oxygens (including phenoxy) is 2. The van der Waals surface area contributed by atoms with Crippen LogP contribution in [0.4, 0.5) is 11.6 Å². The van der Waals surface area contributed by atoms with E-state index in [2.05, 4.69) is 33.8 Å². The Balaban J connectivity index is 1.49. The van der Waals surface area contributed by atoms with Crippen LogP contribution < -0.4 is 20.1 Å². The van der Waals surface area contributed by atoms with Crippen LogP contribution in [0.3, 0.4) is 0 Å². The lowest BCUT2D eigenvalue weighted by molar-refractivity contribution is 0.174. The van der Waals surface area contributed by atoms with Crippen molar-refractivity contribution in [3.8, 4) is 22.8 Å². The number of anilines is 2. The van der Waals surface area contributed by atoms with Crippen LogP contribution in [0.25, 0.3) is 11.3 Å². The summed E-state index contributed by atoms with van der Waals surface area (Å²) in [5.74, 6) is 2.73. The molecule has 0 radical (unpaired) electrons.